The van der Waals surface area contributed by atoms with E-state index in [4.69, 9.17) is 0 Å². The van der Waals surface area contributed by atoms with E-state index in [1.807, 2.05) is 47.0 Å². The van der Waals surface area contributed by atoms with Crippen molar-refractivity contribution in [1.82, 2.24) is 19.8 Å². The molecule has 20 heavy (non-hydrogen) atoms. The van der Waals surface area contributed by atoms with E-state index in [1.54, 1.807) is 0 Å². The number of hydrogen-bond acceptors (Lipinski definition) is 4. The Morgan fingerprint density at radius 2 is 1.30 bits per heavy atom. The maximum absolute atomic E-state index is 11.4. The smallest absolute Gasteiger partial charge is 0.422 e. The highest BCUT2D eigenvalue weighted by Gasteiger charge is 2.23. The van der Waals surface area contributed by atoms with E-state index >= 15 is 0 Å². The highest BCUT2D eigenvalue weighted by molar-refractivity contribution is 5.64. The molecule has 0 fully saturated rings. The molecule has 0 saturated carbocycles. The third kappa shape index (κ3) is 8.35. The molecule has 1 N–H and O–H groups in total. The number of amides is 1. The highest BCUT2D eigenvalue weighted by Crippen LogP contribution is 2.08. The first-order chi connectivity index (χ1) is 9.25. The van der Waals surface area contributed by atoms with Crippen molar-refractivity contribution < 1.29 is 9.90 Å². The number of nitrogens with zero attached hydrogens (tertiary/aromatic N) is 4. The zero-order valence-electron chi connectivity index (χ0n) is 14.0. The first-order valence-electron chi connectivity index (χ1n) is 7.32. The average Bonchev–Trinajstić information content (AvgIpc) is 2.26. The van der Waals surface area contributed by atoms with Gasteiger partial charge in [0.25, 0.3) is 0 Å². The molecule has 0 bridgehead atoms. The maximum atomic E-state index is 11.4. The summed E-state index contributed by atoms with van der Waals surface area (Å²) in [5.41, 5.74) is 0. The van der Waals surface area contributed by atoms with Crippen LogP contribution in [0.25, 0.3) is 0 Å². The molecule has 0 aromatic heterocycles. The molecule has 1 amide bonds. The van der Waals surface area contributed by atoms with Crippen molar-refractivity contribution in [2.75, 3.05) is 54.4 Å². The van der Waals surface area contributed by atoms with Crippen LogP contribution in [0.15, 0.2) is 0 Å². The van der Waals surface area contributed by atoms with Gasteiger partial charge in [-0.3, -0.25) is 0 Å². The second-order valence-corrected chi connectivity index (χ2v) is 5.99. The largest absolute Gasteiger partial charge is 0.464 e. The van der Waals surface area contributed by atoms with Gasteiger partial charge in [0, 0.05) is 19.1 Å². The first kappa shape index (κ1) is 19.1. The van der Waals surface area contributed by atoms with E-state index in [1.165, 1.54) is 5.01 Å². The topological polar surface area (TPSA) is 50.3 Å². The number of carbonyl (C=O) groups is 1. The van der Waals surface area contributed by atoms with Crippen molar-refractivity contribution in [3.63, 3.8) is 0 Å². The number of carboxylic acid groups (broad SMARTS) is 1. The second-order valence-electron chi connectivity index (χ2n) is 5.99. The molecule has 0 aromatic carbocycles. The summed E-state index contributed by atoms with van der Waals surface area (Å²) in [6.45, 7) is 7.32. The molecule has 0 rings (SSSR count). The van der Waals surface area contributed by atoms with Crippen molar-refractivity contribution in [1.29, 1.82) is 0 Å². The molecule has 0 heterocycles. The molecule has 0 atom stereocenters. The van der Waals surface area contributed by atoms with Gasteiger partial charge >= 0.3 is 6.09 Å². The Balaban J connectivity index is 4.53. The molecular weight excluding hydrogens is 256 g/mol. The Kier molecular flexibility index (Phi) is 9.54. The van der Waals surface area contributed by atoms with Gasteiger partial charge < -0.3 is 14.9 Å². The zero-order valence-corrected chi connectivity index (χ0v) is 14.0. The van der Waals surface area contributed by atoms with Crippen LogP contribution in [-0.4, -0.2) is 91.4 Å². The fourth-order valence-corrected chi connectivity index (χ4v) is 2.13. The molecule has 6 heteroatoms. The van der Waals surface area contributed by atoms with E-state index in [9.17, 15) is 9.90 Å². The highest BCUT2D eigenvalue weighted by atomic mass is 16.4. The van der Waals surface area contributed by atoms with Gasteiger partial charge in [0.15, 0.2) is 0 Å². The van der Waals surface area contributed by atoms with Crippen molar-refractivity contribution >= 4 is 6.09 Å². The van der Waals surface area contributed by atoms with Crippen LogP contribution in [0.2, 0.25) is 0 Å². The molecule has 0 aliphatic heterocycles. The fourth-order valence-electron chi connectivity index (χ4n) is 2.13. The summed E-state index contributed by atoms with van der Waals surface area (Å²) in [5.74, 6) is 0. The van der Waals surface area contributed by atoms with Crippen LogP contribution in [0.3, 0.4) is 0 Å². The van der Waals surface area contributed by atoms with Crippen LogP contribution in [0, 0.1) is 0 Å². The van der Waals surface area contributed by atoms with Gasteiger partial charge in [-0.25, -0.2) is 14.8 Å². The third-order valence-corrected chi connectivity index (χ3v) is 3.03. The zero-order chi connectivity index (χ0) is 15.7. The van der Waals surface area contributed by atoms with E-state index in [0.29, 0.717) is 0 Å². The number of rotatable bonds is 10. The lowest BCUT2D eigenvalue weighted by Crippen LogP contribution is -2.51. The van der Waals surface area contributed by atoms with Crippen molar-refractivity contribution in [2.45, 2.75) is 32.7 Å². The lowest BCUT2D eigenvalue weighted by Gasteiger charge is -2.36. The Morgan fingerprint density at radius 3 is 1.55 bits per heavy atom. The van der Waals surface area contributed by atoms with E-state index < -0.39 is 6.09 Å². The summed E-state index contributed by atoms with van der Waals surface area (Å²) in [4.78, 5) is 15.7. The second kappa shape index (κ2) is 9.96. The Bertz CT molecular complexity index is 256. The molecule has 0 radical (unpaired) electrons. The maximum Gasteiger partial charge on any atom is 0.422 e. The van der Waals surface area contributed by atoms with E-state index in [0.717, 1.165) is 39.0 Å². The Labute approximate surface area is 123 Å². The van der Waals surface area contributed by atoms with Gasteiger partial charge in [0.1, 0.15) is 0 Å². The Morgan fingerprint density at radius 1 is 0.900 bits per heavy atom. The third-order valence-electron chi connectivity index (χ3n) is 3.03. The SMILES string of the molecule is CC(C)N(C(=O)O)N(CCCN(C)C)CCCN(C)C. The standard InChI is InChI=1S/C14H32N4O2/c1-13(2)18(14(19)20)17(11-7-9-15(3)4)12-8-10-16(5)6/h13H,7-12H2,1-6H3,(H,19,20). The van der Waals surface area contributed by atoms with Gasteiger partial charge in [0.05, 0.1) is 0 Å². The minimum Gasteiger partial charge on any atom is -0.464 e. The molecule has 0 spiro atoms. The summed E-state index contributed by atoms with van der Waals surface area (Å²) in [6, 6.07) is -0.0359. The minimum atomic E-state index is -0.866. The Hall–Kier alpha value is -0.850. The quantitative estimate of drug-likeness (QED) is 0.617. The van der Waals surface area contributed by atoms with Crippen molar-refractivity contribution in [3.05, 3.63) is 0 Å². The number of hydrazine groups is 1. The van der Waals surface area contributed by atoms with Gasteiger partial charge in [-0.15, -0.1) is 0 Å². The molecule has 0 saturated heterocycles. The van der Waals surface area contributed by atoms with Crippen LogP contribution >= 0.6 is 0 Å². The van der Waals surface area contributed by atoms with Crippen LogP contribution in [0.5, 0.6) is 0 Å². The van der Waals surface area contributed by atoms with Gasteiger partial charge in [-0.2, -0.15) is 0 Å². The molecule has 0 aliphatic rings. The summed E-state index contributed by atoms with van der Waals surface area (Å²) >= 11 is 0. The fraction of sp³-hybridized carbons (Fsp3) is 0.929. The summed E-state index contributed by atoms with van der Waals surface area (Å²) in [6.07, 6.45) is 1.06. The van der Waals surface area contributed by atoms with E-state index in [-0.39, 0.29) is 6.04 Å². The summed E-state index contributed by atoms with van der Waals surface area (Å²) < 4.78 is 0. The normalized spacial score (nSPS) is 11.9. The minimum absolute atomic E-state index is 0.0359. The summed E-state index contributed by atoms with van der Waals surface area (Å²) in [7, 11) is 8.14. The van der Waals surface area contributed by atoms with Crippen LogP contribution in [0.4, 0.5) is 4.79 Å². The molecule has 120 valence electrons. The first-order valence-corrected chi connectivity index (χ1v) is 7.32. The molecule has 0 aromatic rings. The monoisotopic (exact) mass is 288 g/mol. The van der Waals surface area contributed by atoms with Gasteiger partial charge in [-0.1, -0.05) is 0 Å². The predicted octanol–water partition coefficient (Wildman–Crippen LogP) is 1.50. The summed E-state index contributed by atoms with van der Waals surface area (Å²) in [5, 5.41) is 12.8. The van der Waals surface area contributed by atoms with Crippen molar-refractivity contribution in [2.24, 2.45) is 0 Å². The average molecular weight is 288 g/mol. The molecule has 0 unspecified atom stereocenters. The van der Waals surface area contributed by atoms with E-state index in [2.05, 4.69) is 9.80 Å². The lowest BCUT2D eigenvalue weighted by atomic mass is 10.3. The van der Waals surface area contributed by atoms with Crippen LogP contribution < -0.4 is 0 Å². The van der Waals surface area contributed by atoms with Gasteiger partial charge in [0.2, 0.25) is 0 Å². The molecule has 6 nitrogen and oxygen atoms in total. The lowest BCUT2D eigenvalue weighted by molar-refractivity contribution is -0.0337. The van der Waals surface area contributed by atoms with Gasteiger partial charge in [-0.05, 0) is 68.0 Å². The van der Waals surface area contributed by atoms with Crippen molar-refractivity contribution in [3.8, 4) is 0 Å². The molecule has 0 aliphatic carbocycles. The predicted molar refractivity (Wildman–Crippen MR) is 82.9 cm³/mol. The number of hydrogen-bond donors (Lipinski definition) is 1. The molecular formula is C14H32N4O2. The van der Waals surface area contributed by atoms with Crippen LogP contribution in [-0.2, 0) is 0 Å². The van der Waals surface area contributed by atoms with Crippen LogP contribution in [0.1, 0.15) is 26.7 Å².